The lowest BCUT2D eigenvalue weighted by Gasteiger charge is -2.17. The van der Waals surface area contributed by atoms with Gasteiger partial charge >= 0.3 is 0 Å². The number of fused-ring (bicyclic) bond motifs is 1. The number of carbonyl (C=O) groups excluding carboxylic acids is 2. The molecule has 2 amide bonds. The Kier molecular flexibility index (Phi) is 4.25. The molecule has 6 heteroatoms. The number of hydrogen-bond acceptors (Lipinski definition) is 4. The van der Waals surface area contributed by atoms with E-state index in [-0.39, 0.29) is 25.0 Å². The molecule has 0 atom stereocenters. The molecule has 0 bridgehead atoms. The standard InChI is InChI=1S/C18H19NO4Si/c1-24(2,22)14-7-5-6-13(12-14)23-11-10-19-17(20)15-8-3-4-9-16(15)18(19)21/h3-9,12,22H,10-11H2,1-2H3. The summed E-state index contributed by atoms with van der Waals surface area (Å²) in [6, 6.07) is 14.1. The summed E-state index contributed by atoms with van der Waals surface area (Å²) in [4.78, 5) is 35.9. The number of amides is 2. The number of hydrogen-bond donors (Lipinski definition) is 1. The van der Waals surface area contributed by atoms with Gasteiger partial charge in [0, 0.05) is 0 Å². The summed E-state index contributed by atoms with van der Waals surface area (Å²) in [6.45, 7) is 4.08. The Bertz CT molecular complexity index is 763. The lowest BCUT2D eigenvalue weighted by molar-refractivity contribution is 0.0631. The molecule has 0 radical (unpaired) electrons. The molecule has 0 saturated heterocycles. The molecular weight excluding hydrogens is 322 g/mol. The van der Waals surface area contributed by atoms with Crippen LogP contribution in [0.25, 0.3) is 0 Å². The quantitative estimate of drug-likeness (QED) is 0.665. The van der Waals surface area contributed by atoms with Crippen LogP contribution in [-0.2, 0) is 0 Å². The number of benzene rings is 2. The smallest absolute Gasteiger partial charge is 0.261 e. The molecule has 5 nitrogen and oxygen atoms in total. The van der Waals surface area contributed by atoms with Crippen molar-refractivity contribution in [3.8, 4) is 5.75 Å². The van der Waals surface area contributed by atoms with Crippen molar-refractivity contribution in [2.75, 3.05) is 13.2 Å². The Hall–Kier alpha value is -2.44. The molecule has 1 aliphatic heterocycles. The topological polar surface area (TPSA) is 66.8 Å². The molecule has 1 N–H and O–H groups in total. The van der Waals surface area contributed by atoms with Crippen LogP contribution in [0.5, 0.6) is 5.75 Å². The van der Waals surface area contributed by atoms with Crippen LogP contribution in [0, 0.1) is 0 Å². The van der Waals surface area contributed by atoms with Gasteiger partial charge in [-0.3, -0.25) is 14.5 Å². The number of nitrogens with zero attached hydrogens (tertiary/aromatic N) is 1. The first-order valence-electron chi connectivity index (χ1n) is 7.79. The highest BCUT2D eigenvalue weighted by molar-refractivity contribution is 6.83. The average molecular weight is 341 g/mol. The van der Waals surface area contributed by atoms with Crippen molar-refractivity contribution in [3.63, 3.8) is 0 Å². The van der Waals surface area contributed by atoms with E-state index in [1.165, 1.54) is 4.90 Å². The van der Waals surface area contributed by atoms with Crippen LogP contribution >= 0.6 is 0 Å². The number of imide groups is 1. The Morgan fingerprint density at radius 3 is 2.21 bits per heavy atom. The maximum Gasteiger partial charge on any atom is 0.261 e. The van der Waals surface area contributed by atoms with E-state index in [2.05, 4.69) is 0 Å². The maximum absolute atomic E-state index is 12.3. The van der Waals surface area contributed by atoms with E-state index in [4.69, 9.17) is 4.74 Å². The molecule has 1 aliphatic rings. The van der Waals surface area contributed by atoms with Gasteiger partial charge in [-0.05, 0) is 42.5 Å². The number of ether oxygens (including phenoxy) is 1. The molecule has 0 fully saturated rings. The molecule has 0 spiro atoms. The van der Waals surface area contributed by atoms with Crippen molar-refractivity contribution in [1.82, 2.24) is 4.90 Å². The van der Waals surface area contributed by atoms with E-state index in [0.29, 0.717) is 16.9 Å². The van der Waals surface area contributed by atoms with E-state index in [1.807, 2.05) is 31.3 Å². The van der Waals surface area contributed by atoms with Crippen molar-refractivity contribution < 1.29 is 19.1 Å². The lowest BCUT2D eigenvalue weighted by atomic mass is 10.1. The summed E-state index contributed by atoms with van der Waals surface area (Å²) < 4.78 is 5.66. The second kappa shape index (κ2) is 6.22. The fourth-order valence-corrected chi connectivity index (χ4v) is 3.66. The van der Waals surface area contributed by atoms with Crippen LogP contribution in [0.3, 0.4) is 0 Å². The molecular formula is C18H19NO4Si. The van der Waals surface area contributed by atoms with Crippen LogP contribution in [0.2, 0.25) is 13.1 Å². The minimum atomic E-state index is -2.39. The molecule has 0 unspecified atom stereocenters. The summed E-state index contributed by atoms with van der Waals surface area (Å²) in [7, 11) is -2.39. The van der Waals surface area contributed by atoms with Crippen molar-refractivity contribution in [1.29, 1.82) is 0 Å². The summed E-state index contributed by atoms with van der Waals surface area (Å²) in [5.41, 5.74) is 0.884. The highest BCUT2D eigenvalue weighted by Gasteiger charge is 2.34. The zero-order valence-corrected chi connectivity index (χ0v) is 14.7. The minimum absolute atomic E-state index is 0.191. The van der Waals surface area contributed by atoms with Crippen LogP contribution < -0.4 is 9.92 Å². The largest absolute Gasteiger partial charge is 0.492 e. The lowest BCUT2D eigenvalue weighted by Crippen LogP contribution is -2.41. The van der Waals surface area contributed by atoms with E-state index < -0.39 is 8.32 Å². The fourth-order valence-electron chi connectivity index (χ4n) is 2.66. The number of rotatable bonds is 5. The van der Waals surface area contributed by atoms with Crippen LogP contribution in [0.15, 0.2) is 48.5 Å². The first-order chi connectivity index (χ1) is 11.4. The fraction of sp³-hybridized carbons (Fsp3) is 0.222. The van der Waals surface area contributed by atoms with Gasteiger partial charge in [-0.1, -0.05) is 24.3 Å². The third kappa shape index (κ3) is 3.11. The minimum Gasteiger partial charge on any atom is -0.492 e. The Morgan fingerprint density at radius 1 is 1.00 bits per heavy atom. The van der Waals surface area contributed by atoms with E-state index in [9.17, 15) is 14.4 Å². The second-order valence-corrected chi connectivity index (χ2v) is 9.94. The normalized spacial score (nSPS) is 14.0. The molecule has 24 heavy (non-hydrogen) atoms. The summed E-state index contributed by atoms with van der Waals surface area (Å²) in [5.74, 6) is 0.0624. The predicted molar refractivity (Wildman–Crippen MR) is 93.1 cm³/mol. The molecule has 1 heterocycles. The number of carbonyl (C=O) groups is 2. The third-order valence-electron chi connectivity index (χ3n) is 4.00. The van der Waals surface area contributed by atoms with Gasteiger partial charge in [-0.25, -0.2) is 0 Å². The Labute approximate surface area is 141 Å². The van der Waals surface area contributed by atoms with Gasteiger partial charge in [-0.2, -0.15) is 0 Å². The van der Waals surface area contributed by atoms with Gasteiger partial charge in [0.1, 0.15) is 12.4 Å². The van der Waals surface area contributed by atoms with Crippen LogP contribution in [0.4, 0.5) is 0 Å². The van der Waals surface area contributed by atoms with Gasteiger partial charge in [0.25, 0.3) is 11.8 Å². The third-order valence-corrected chi connectivity index (χ3v) is 5.73. The van der Waals surface area contributed by atoms with Crippen LogP contribution in [-0.4, -0.2) is 43.0 Å². The average Bonchev–Trinajstić information content (AvgIpc) is 2.80. The monoisotopic (exact) mass is 341 g/mol. The molecule has 0 aromatic heterocycles. The first kappa shape index (κ1) is 16.4. The first-order valence-corrected chi connectivity index (χ1v) is 10.7. The van der Waals surface area contributed by atoms with E-state index >= 15 is 0 Å². The zero-order valence-electron chi connectivity index (χ0n) is 13.7. The Balaban J connectivity index is 1.64. The van der Waals surface area contributed by atoms with Gasteiger partial charge in [-0.15, -0.1) is 0 Å². The Morgan fingerprint density at radius 2 is 1.62 bits per heavy atom. The molecule has 0 aliphatic carbocycles. The van der Waals surface area contributed by atoms with Gasteiger partial charge in [0.05, 0.1) is 17.7 Å². The summed E-state index contributed by atoms with van der Waals surface area (Å²) in [6.07, 6.45) is 0. The van der Waals surface area contributed by atoms with E-state index in [0.717, 1.165) is 5.19 Å². The van der Waals surface area contributed by atoms with Crippen molar-refractivity contribution in [3.05, 3.63) is 59.7 Å². The maximum atomic E-state index is 12.3. The van der Waals surface area contributed by atoms with Crippen molar-refractivity contribution in [2.24, 2.45) is 0 Å². The van der Waals surface area contributed by atoms with Gasteiger partial charge in [0.15, 0.2) is 0 Å². The molecule has 3 rings (SSSR count). The van der Waals surface area contributed by atoms with Crippen molar-refractivity contribution in [2.45, 2.75) is 13.1 Å². The summed E-state index contributed by atoms with van der Waals surface area (Å²) >= 11 is 0. The molecule has 2 aromatic carbocycles. The SMILES string of the molecule is C[Si](C)(O)c1cccc(OCCN2C(=O)c3ccccc3C2=O)c1. The van der Waals surface area contributed by atoms with E-state index in [1.54, 1.807) is 30.3 Å². The predicted octanol–water partition coefficient (Wildman–Crippen LogP) is 1.77. The van der Waals surface area contributed by atoms with Gasteiger partial charge < -0.3 is 9.53 Å². The van der Waals surface area contributed by atoms with Crippen LogP contribution in [0.1, 0.15) is 20.7 Å². The molecule has 2 aromatic rings. The summed E-state index contributed by atoms with van der Waals surface area (Å²) in [5, 5.41) is 0.876. The zero-order chi connectivity index (χ0) is 17.3. The molecule has 124 valence electrons. The van der Waals surface area contributed by atoms with Gasteiger partial charge in [0.2, 0.25) is 8.32 Å². The second-order valence-electron chi connectivity index (χ2n) is 6.24. The highest BCUT2D eigenvalue weighted by Crippen LogP contribution is 2.22. The molecule has 0 saturated carbocycles. The van der Waals surface area contributed by atoms with Crippen molar-refractivity contribution >= 4 is 25.3 Å². The highest BCUT2D eigenvalue weighted by atomic mass is 28.4.